The second-order valence-electron chi connectivity index (χ2n) is 12.1. The summed E-state index contributed by atoms with van der Waals surface area (Å²) in [6.45, 7) is 20.8. The summed E-state index contributed by atoms with van der Waals surface area (Å²) >= 11 is 0. The van der Waals surface area contributed by atoms with Crippen LogP contribution in [0, 0.1) is 11.2 Å². The first-order valence-corrected chi connectivity index (χ1v) is 16.9. The van der Waals surface area contributed by atoms with E-state index >= 15 is 0 Å². The molecule has 2 rings (SSSR count). The monoisotopic (exact) mass is 691 g/mol. The van der Waals surface area contributed by atoms with Crippen LogP contribution in [0.25, 0.3) is 11.1 Å². The minimum Gasteiger partial charge on any atom is -0.493 e. The van der Waals surface area contributed by atoms with Gasteiger partial charge in [-0.05, 0) is 122 Å². The zero-order chi connectivity index (χ0) is 38.0. The molecule has 8 heteroatoms. The van der Waals surface area contributed by atoms with Crippen LogP contribution in [-0.2, 0) is 0 Å². The fourth-order valence-corrected chi connectivity index (χ4v) is 5.06. The van der Waals surface area contributed by atoms with Crippen molar-refractivity contribution in [3.8, 4) is 11.5 Å². The summed E-state index contributed by atoms with van der Waals surface area (Å²) in [5, 5.41) is 24.6. The topological polar surface area (TPSA) is 95.0 Å². The second-order valence-corrected chi connectivity index (χ2v) is 12.1. The van der Waals surface area contributed by atoms with Crippen LogP contribution in [0.2, 0.25) is 0 Å². The highest BCUT2D eigenvalue weighted by atomic mass is 19.1. The van der Waals surface area contributed by atoms with Gasteiger partial charge in [-0.25, -0.2) is 4.39 Å². The lowest BCUT2D eigenvalue weighted by Crippen LogP contribution is -2.30. The maximum Gasteiger partial charge on any atom is 0.161 e. The number of methoxy groups -OCH3 is 2. The van der Waals surface area contributed by atoms with Crippen molar-refractivity contribution < 1.29 is 24.2 Å². The van der Waals surface area contributed by atoms with Crippen LogP contribution in [-0.4, -0.2) is 44.7 Å². The molecule has 5 N–H and O–H groups in total. The van der Waals surface area contributed by atoms with Gasteiger partial charge in [-0.3, -0.25) is 10.7 Å². The van der Waals surface area contributed by atoms with Gasteiger partial charge in [0, 0.05) is 32.6 Å². The molecule has 276 valence electrons. The highest BCUT2D eigenvalue weighted by Crippen LogP contribution is 2.31. The van der Waals surface area contributed by atoms with Crippen molar-refractivity contribution >= 4 is 11.1 Å². The summed E-state index contributed by atoms with van der Waals surface area (Å²) in [4.78, 5) is 0. The van der Waals surface area contributed by atoms with Gasteiger partial charge in [0.05, 0.1) is 14.2 Å². The molecule has 0 aliphatic heterocycles. The Labute approximate surface area is 301 Å². The van der Waals surface area contributed by atoms with Gasteiger partial charge in [-0.15, -0.1) is 6.58 Å². The molecule has 0 aromatic heterocycles. The van der Waals surface area contributed by atoms with Crippen molar-refractivity contribution in [2.45, 2.75) is 67.2 Å². The first-order chi connectivity index (χ1) is 23.9. The number of nitrogens with one attached hydrogen (secondary N) is 3. The summed E-state index contributed by atoms with van der Waals surface area (Å²) < 4.78 is 23.6. The molecule has 0 fully saturated rings. The number of aliphatic hydroxyl groups excluding tert-OH is 1. The maximum atomic E-state index is 12.9. The molecule has 2 aromatic carbocycles. The Balaban J connectivity index is 0.000000891. The van der Waals surface area contributed by atoms with E-state index < -0.39 is 0 Å². The quantitative estimate of drug-likeness (QED) is 0.0604. The third-order valence-electron chi connectivity index (χ3n) is 7.60. The molecule has 0 bridgehead atoms. The lowest BCUT2D eigenvalue weighted by atomic mass is 9.82. The third kappa shape index (κ3) is 17.7. The largest absolute Gasteiger partial charge is 0.493 e. The molecule has 0 aliphatic carbocycles. The Hall–Kier alpha value is -4.53. The number of hydrogen-bond acceptors (Lipinski definition) is 7. The molecule has 2 aromatic rings. The number of benzene rings is 2. The Morgan fingerprint density at radius 1 is 0.960 bits per heavy atom. The molecule has 0 spiro atoms. The van der Waals surface area contributed by atoms with Crippen molar-refractivity contribution in [3.63, 3.8) is 0 Å². The Morgan fingerprint density at radius 2 is 1.58 bits per heavy atom. The molecule has 0 radical (unpaired) electrons. The smallest absolute Gasteiger partial charge is 0.161 e. The number of halogens is 1. The van der Waals surface area contributed by atoms with E-state index in [1.54, 1.807) is 32.4 Å². The molecule has 0 saturated heterocycles. The van der Waals surface area contributed by atoms with Gasteiger partial charge in [0.1, 0.15) is 5.82 Å². The van der Waals surface area contributed by atoms with Crippen molar-refractivity contribution in [1.82, 2.24) is 16.1 Å². The highest BCUT2D eigenvalue weighted by Gasteiger charge is 2.21. The molecule has 0 amide bonds. The van der Waals surface area contributed by atoms with Crippen LogP contribution < -0.4 is 25.6 Å². The van der Waals surface area contributed by atoms with E-state index in [1.165, 1.54) is 23.9 Å². The normalized spacial score (nSPS) is 13.2. The van der Waals surface area contributed by atoms with Crippen LogP contribution in [0.5, 0.6) is 11.5 Å². The first-order valence-electron chi connectivity index (χ1n) is 16.9. The van der Waals surface area contributed by atoms with Crippen molar-refractivity contribution in [2.24, 2.45) is 5.41 Å². The highest BCUT2D eigenvalue weighted by molar-refractivity contribution is 5.77. The molecule has 0 saturated carbocycles. The van der Waals surface area contributed by atoms with Crippen LogP contribution in [0.3, 0.4) is 0 Å². The molecule has 50 heavy (non-hydrogen) atoms. The van der Waals surface area contributed by atoms with E-state index in [9.17, 15) is 9.50 Å². The van der Waals surface area contributed by atoms with Gasteiger partial charge < -0.3 is 25.2 Å². The number of ether oxygens (including phenoxy) is 2. The Morgan fingerprint density at radius 3 is 2.10 bits per heavy atom. The van der Waals surface area contributed by atoms with E-state index in [-0.39, 0.29) is 17.8 Å². The van der Waals surface area contributed by atoms with E-state index in [0.717, 1.165) is 65.6 Å². The van der Waals surface area contributed by atoms with Gasteiger partial charge in [0.2, 0.25) is 0 Å². The van der Waals surface area contributed by atoms with Gasteiger partial charge in [-0.2, -0.15) is 0 Å². The molecular formula is C42H62FN3O4. The molecule has 0 aliphatic rings. The first kappa shape index (κ1) is 45.5. The van der Waals surface area contributed by atoms with E-state index in [0.29, 0.717) is 11.5 Å². The lowest BCUT2D eigenvalue weighted by Gasteiger charge is -2.28. The minimum atomic E-state index is -0.227. The average Bonchev–Trinajstić information content (AvgIpc) is 3.08. The minimum absolute atomic E-state index is 0.119. The maximum absolute atomic E-state index is 12.9. The number of rotatable bonds is 18. The fourth-order valence-electron chi connectivity index (χ4n) is 5.06. The van der Waals surface area contributed by atoms with Crippen molar-refractivity contribution in [3.05, 3.63) is 132 Å². The van der Waals surface area contributed by atoms with Gasteiger partial charge >= 0.3 is 0 Å². The predicted octanol–water partition coefficient (Wildman–Crippen LogP) is 9.75. The summed E-state index contributed by atoms with van der Waals surface area (Å²) in [5.41, 5.74) is 9.16. The molecule has 7 nitrogen and oxygen atoms in total. The second kappa shape index (κ2) is 26.4. The number of allylic oxidation sites excluding steroid dienone is 9. The lowest BCUT2D eigenvalue weighted by molar-refractivity contribution is 0.184. The van der Waals surface area contributed by atoms with Gasteiger partial charge in [-0.1, -0.05) is 68.8 Å². The number of hydrogen-bond donors (Lipinski definition) is 5. The number of aliphatic hydroxyl groups is 1. The Bertz CT molecular complexity index is 1430. The van der Waals surface area contributed by atoms with E-state index in [2.05, 4.69) is 50.0 Å². The predicted molar refractivity (Wildman–Crippen MR) is 211 cm³/mol. The average molecular weight is 692 g/mol. The Kier molecular flexibility index (Phi) is 24.0. The summed E-state index contributed by atoms with van der Waals surface area (Å²) in [7, 11) is 5.08. The standard InChI is InChI=1S/C20H30FNO.C19H26N2O3.C3H6/c1-5-10-20(4,11-12-23)15-22-14-16(2)13-17(3)18-6-8-19(21)9-7-18;1-6-7-16(13-21-22)14(2)10-17(12-20-3)15-8-9-18(23-4)19(11-15)24-5;1-3-2/h6-9,14,22-23H,3,5,10-13,15H2,1-2,4H3;6-13,20-22H,1-5H3;3H,1H2,2H3/b16-14-;7-6-,14-10+,16-13+,17-12+;. The fraction of sp³-hybridized carbons (Fsp3) is 0.381. The SMILES string of the molecule is C=C(C/C(C)=C\NCC(C)(CCC)CCO)c1ccc(F)cc1.C=CC.C\C=C/C(=C\NO)C(/C)=C/C(=C\NC)c1ccc(OC)c(OC)c1. The molecule has 1 unspecified atom stereocenters. The summed E-state index contributed by atoms with van der Waals surface area (Å²) in [6, 6.07) is 12.2. The number of hydroxylamine groups is 1. The van der Waals surface area contributed by atoms with Crippen LogP contribution in [0.1, 0.15) is 78.4 Å². The van der Waals surface area contributed by atoms with E-state index in [4.69, 9.17) is 14.7 Å². The molecule has 1 atom stereocenters. The van der Waals surface area contributed by atoms with Crippen molar-refractivity contribution in [2.75, 3.05) is 34.4 Å². The van der Waals surface area contributed by atoms with Crippen LogP contribution >= 0.6 is 0 Å². The molecule has 0 heterocycles. The third-order valence-corrected chi connectivity index (χ3v) is 7.60. The van der Waals surface area contributed by atoms with E-state index in [1.807, 2.05) is 76.6 Å². The van der Waals surface area contributed by atoms with Crippen LogP contribution in [0.4, 0.5) is 4.39 Å². The zero-order valence-electron chi connectivity index (χ0n) is 31.8. The summed E-state index contributed by atoms with van der Waals surface area (Å²) in [5.74, 6) is 1.13. The van der Waals surface area contributed by atoms with Gasteiger partial charge in [0.15, 0.2) is 11.5 Å². The van der Waals surface area contributed by atoms with Crippen LogP contribution in [0.15, 0.2) is 115 Å². The molecular weight excluding hydrogens is 629 g/mol. The van der Waals surface area contributed by atoms with Gasteiger partial charge in [0.25, 0.3) is 0 Å². The summed E-state index contributed by atoms with van der Waals surface area (Å²) in [6.07, 6.45) is 16.9. The zero-order valence-corrected chi connectivity index (χ0v) is 31.8. The van der Waals surface area contributed by atoms with Crippen molar-refractivity contribution in [1.29, 1.82) is 0 Å².